The van der Waals surface area contributed by atoms with Crippen molar-refractivity contribution in [2.75, 3.05) is 20.2 Å². The maximum absolute atomic E-state index is 12.1. The van der Waals surface area contributed by atoms with Gasteiger partial charge in [0, 0.05) is 37.0 Å². The van der Waals surface area contributed by atoms with Crippen molar-refractivity contribution in [2.45, 2.75) is 13.5 Å². The summed E-state index contributed by atoms with van der Waals surface area (Å²) in [5, 5.41) is 6.19. The molecule has 0 saturated carbocycles. The standard InChI is InChI=1S/C28H28N4O2.H3N/c1-20-23(21-9-4-3-5-10-21)11-8-12-24(20)25-15-14-22(28(32-25)34-2)19-29-17-18-31-27(33)26-13-6-7-16-30-26;/h3-16,29H,17-19H2,1-2H3,(H,31,33);1H3. The molecule has 0 aliphatic heterocycles. The third-order valence-electron chi connectivity index (χ3n) is 5.63. The van der Waals surface area contributed by atoms with Crippen molar-refractivity contribution in [1.82, 2.24) is 26.8 Å². The number of hydrogen-bond acceptors (Lipinski definition) is 6. The maximum Gasteiger partial charge on any atom is 0.269 e. The van der Waals surface area contributed by atoms with E-state index in [-0.39, 0.29) is 12.1 Å². The van der Waals surface area contributed by atoms with Crippen molar-refractivity contribution in [3.05, 3.63) is 102 Å². The number of nitrogens with one attached hydrogen (secondary N) is 2. The van der Waals surface area contributed by atoms with E-state index < -0.39 is 0 Å². The van der Waals surface area contributed by atoms with Gasteiger partial charge in [0.15, 0.2) is 0 Å². The van der Waals surface area contributed by atoms with Crippen LogP contribution in [0.3, 0.4) is 0 Å². The van der Waals surface area contributed by atoms with E-state index in [1.807, 2.05) is 18.2 Å². The number of hydrogen-bond donors (Lipinski definition) is 3. The molecule has 35 heavy (non-hydrogen) atoms. The fourth-order valence-electron chi connectivity index (χ4n) is 3.85. The molecule has 7 nitrogen and oxygen atoms in total. The molecule has 7 heteroatoms. The number of pyridine rings is 2. The highest BCUT2D eigenvalue weighted by Gasteiger charge is 2.12. The number of ether oxygens (including phenoxy) is 1. The van der Waals surface area contributed by atoms with E-state index >= 15 is 0 Å². The Bertz CT molecular complexity index is 1250. The summed E-state index contributed by atoms with van der Waals surface area (Å²) in [5.41, 5.74) is 6.88. The van der Waals surface area contributed by atoms with Gasteiger partial charge in [-0.3, -0.25) is 9.78 Å². The average Bonchev–Trinajstić information content (AvgIpc) is 2.89. The van der Waals surface area contributed by atoms with E-state index in [0.29, 0.717) is 31.2 Å². The van der Waals surface area contributed by atoms with Crippen molar-refractivity contribution < 1.29 is 9.53 Å². The van der Waals surface area contributed by atoms with Gasteiger partial charge >= 0.3 is 0 Å². The van der Waals surface area contributed by atoms with Crippen LogP contribution in [0.4, 0.5) is 0 Å². The summed E-state index contributed by atoms with van der Waals surface area (Å²) in [6, 6.07) is 26.0. The molecule has 2 aromatic heterocycles. The first kappa shape index (κ1) is 25.6. The van der Waals surface area contributed by atoms with Gasteiger partial charge in [0.25, 0.3) is 5.91 Å². The minimum atomic E-state index is -0.181. The molecule has 0 aliphatic rings. The van der Waals surface area contributed by atoms with Crippen LogP contribution in [-0.2, 0) is 6.54 Å². The summed E-state index contributed by atoms with van der Waals surface area (Å²) in [6.45, 7) is 3.82. The van der Waals surface area contributed by atoms with E-state index in [9.17, 15) is 4.79 Å². The molecule has 0 unspecified atom stereocenters. The van der Waals surface area contributed by atoms with E-state index in [1.165, 1.54) is 16.7 Å². The largest absolute Gasteiger partial charge is 0.481 e. The number of rotatable bonds is 9. The number of aromatic nitrogens is 2. The molecule has 1 amide bonds. The molecular weight excluding hydrogens is 438 g/mol. The maximum atomic E-state index is 12.1. The van der Waals surface area contributed by atoms with Gasteiger partial charge in [0.1, 0.15) is 5.69 Å². The third-order valence-corrected chi connectivity index (χ3v) is 5.63. The van der Waals surface area contributed by atoms with E-state index in [0.717, 1.165) is 16.8 Å². The van der Waals surface area contributed by atoms with E-state index in [2.05, 4.69) is 65.0 Å². The van der Waals surface area contributed by atoms with Crippen molar-refractivity contribution in [1.29, 1.82) is 0 Å². The second-order valence-electron chi connectivity index (χ2n) is 7.86. The van der Waals surface area contributed by atoms with E-state index in [1.54, 1.807) is 31.5 Å². The summed E-state index contributed by atoms with van der Waals surface area (Å²) in [4.78, 5) is 20.9. The molecule has 0 bridgehead atoms. The zero-order valence-electron chi connectivity index (χ0n) is 20.1. The van der Waals surface area contributed by atoms with Crippen molar-refractivity contribution in [3.63, 3.8) is 0 Å². The molecule has 0 saturated heterocycles. The Morgan fingerprint density at radius 2 is 1.66 bits per heavy atom. The SMILES string of the molecule is COc1nc(-c2cccc(-c3ccccc3)c2C)ccc1CNCCNC(=O)c1ccccn1.N. The van der Waals surface area contributed by atoms with Crippen molar-refractivity contribution in [2.24, 2.45) is 0 Å². The molecule has 0 aliphatic carbocycles. The molecule has 0 spiro atoms. The first-order valence-corrected chi connectivity index (χ1v) is 11.3. The quantitative estimate of drug-likeness (QED) is 0.303. The molecule has 4 aromatic rings. The number of carbonyl (C=O) groups is 1. The highest BCUT2D eigenvalue weighted by molar-refractivity contribution is 5.92. The lowest BCUT2D eigenvalue weighted by Gasteiger charge is -2.14. The smallest absolute Gasteiger partial charge is 0.269 e. The highest BCUT2D eigenvalue weighted by Crippen LogP contribution is 2.32. The first-order chi connectivity index (χ1) is 16.7. The molecule has 2 heterocycles. The number of benzene rings is 2. The third kappa shape index (κ3) is 6.29. The van der Waals surface area contributed by atoms with Gasteiger partial charge in [0.05, 0.1) is 12.8 Å². The molecule has 0 fully saturated rings. The molecule has 4 rings (SSSR count). The lowest BCUT2D eigenvalue weighted by molar-refractivity contribution is 0.0949. The summed E-state index contributed by atoms with van der Waals surface area (Å²) >= 11 is 0. The highest BCUT2D eigenvalue weighted by atomic mass is 16.5. The zero-order valence-corrected chi connectivity index (χ0v) is 20.1. The van der Waals surface area contributed by atoms with Gasteiger partial charge in [0.2, 0.25) is 5.88 Å². The van der Waals surface area contributed by atoms with Crippen LogP contribution in [0.1, 0.15) is 21.6 Å². The van der Waals surface area contributed by atoms with Crippen molar-refractivity contribution in [3.8, 4) is 28.3 Å². The monoisotopic (exact) mass is 469 g/mol. The van der Waals surface area contributed by atoms with Crippen LogP contribution in [-0.4, -0.2) is 36.1 Å². The van der Waals surface area contributed by atoms with Crippen LogP contribution in [0.15, 0.2) is 85.1 Å². The number of amides is 1. The zero-order chi connectivity index (χ0) is 23.8. The van der Waals surface area contributed by atoms with Crippen LogP contribution in [0.25, 0.3) is 22.4 Å². The van der Waals surface area contributed by atoms with Gasteiger partial charge in [-0.15, -0.1) is 0 Å². The molecule has 180 valence electrons. The van der Waals surface area contributed by atoms with Crippen LogP contribution < -0.4 is 21.5 Å². The Kier molecular flexibility index (Phi) is 9.06. The Labute approximate surface area is 206 Å². The number of methoxy groups -OCH3 is 1. The fraction of sp³-hybridized carbons (Fsp3) is 0.179. The Morgan fingerprint density at radius 1 is 0.886 bits per heavy atom. The number of nitrogens with zero attached hydrogens (tertiary/aromatic N) is 2. The van der Waals surface area contributed by atoms with Crippen LogP contribution in [0.2, 0.25) is 0 Å². The van der Waals surface area contributed by atoms with Crippen molar-refractivity contribution >= 4 is 5.91 Å². The molecule has 0 radical (unpaired) electrons. The number of carbonyl (C=O) groups excluding carboxylic acids is 1. The predicted molar refractivity (Wildman–Crippen MR) is 140 cm³/mol. The Balaban J connectivity index is 0.00000342. The minimum absolute atomic E-state index is 0. The lowest BCUT2D eigenvalue weighted by Crippen LogP contribution is -2.32. The van der Waals surface area contributed by atoms with Gasteiger partial charge < -0.3 is 21.5 Å². The summed E-state index contributed by atoms with van der Waals surface area (Å²) in [5.74, 6) is 0.408. The van der Waals surface area contributed by atoms with Gasteiger partial charge in [-0.1, -0.05) is 60.7 Å². The van der Waals surface area contributed by atoms with E-state index in [4.69, 9.17) is 9.72 Å². The average molecular weight is 470 g/mol. The summed E-state index contributed by atoms with van der Waals surface area (Å²) < 4.78 is 5.59. The van der Waals surface area contributed by atoms with Gasteiger partial charge in [-0.25, -0.2) is 4.98 Å². The van der Waals surface area contributed by atoms with Gasteiger partial charge in [-0.2, -0.15) is 0 Å². The second-order valence-corrected chi connectivity index (χ2v) is 7.86. The predicted octanol–water partition coefficient (Wildman–Crippen LogP) is 4.81. The van der Waals surface area contributed by atoms with Crippen LogP contribution in [0.5, 0.6) is 5.88 Å². The van der Waals surface area contributed by atoms with Gasteiger partial charge in [-0.05, 0) is 41.8 Å². The molecular formula is C28H31N5O2. The fourth-order valence-corrected chi connectivity index (χ4v) is 3.85. The lowest BCUT2D eigenvalue weighted by atomic mass is 9.94. The molecule has 0 atom stereocenters. The Morgan fingerprint density at radius 3 is 2.40 bits per heavy atom. The molecule has 2 aromatic carbocycles. The Hall–Kier alpha value is -4.07. The summed E-state index contributed by atoms with van der Waals surface area (Å²) in [6.07, 6.45) is 1.61. The minimum Gasteiger partial charge on any atom is -0.481 e. The van der Waals surface area contributed by atoms with Crippen LogP contribution >= 0.6 is 0 Å². The summed E-state index contributed by atoms with van der Waals surface area (Å²) in [7, 11) is 1.63. The molecule has 5 N–H and O–H groups in total. The first-order valence-electron chi connectivity index (χ1n) is 11.3. The van der Waals surface area contributed by atoms with Crippen LogP contribution in [0, 0.1) is 6.92 Å². The second kappa shape index (κ2) is 12.4. The topological polar surface area (TPSA) is 111 Å². The normalized spacial score (nSPS) is 10.3.